The summed E-state index contributed by atoms with van der Waals surface area (Å²) in [5.74, 6) is 2.34. The van der Waals surface area contributed by atoms with Crippen LogP contribution >= 0.6 is 0 Å². The van der Waals surface area contributed by atoms with Crippen molar-refractivity contribution >= 4 is 12.2 Å². The molecule has 0 amide bonds. The van der Waals surface area contributed by atoms with Gasteiger partial charge in [-0.15, -0.1) is 0 Å². The highest BCUT2D eigenvalue weighted by molar-refractivity contribution is 5.89. The fourth-order valence-corrected chi connectivity index (χ4v) is 10.0. The standard InChI is InChI=1S/C56H38N4O/c1-55(2)44-19-9-7-17-41(44)42-30-48-53(31-47(42)55)61-52-21-11-10-20-45(52)56(48)43-18-8-6-13-35(43)22-23-36-24-25-38(29-46(36)56)51-32-50(37-14-4-3-5-15-37)59-54(60-51)40-26-27-49(58-34-40)39-16-12-28-57-33-39/h3-34H,1-2H3. The van der Waals surface area contributed by atoms with E-state index in [0.29, 0.717) is 5.82 Å². The number of nitrogens with zero attached hydrogens (tertiary/aromatic N) is 4. The quantitative estimate of drug-likeness (QED) is 0.178. The van der Waals surface area contributed by atoms with Crippen LogP contribution in [-0.2, 0) is 10.8 Å². The highest BCUT2D eigenvalue weighted by Gasteiger charge is 2.49. The summed E-state index contributed by atoms with van der Waals surface area (Å²) in [6.07, 6.45) is 10.00. The number of hydrogen-bond acceptors (Lipinski definition) is 5. The monoisotopic (exact) mass is 782 g/mol. The summed E-state index contributed by atoms with van der Waals surface area (Å²) in [7, 11) is 0. The molecule has 1 aliphatic heterocycles. The van der Waals surface area contributed by atoms with Gasteiger partial charge in [0.25, 0.3) is 0 Å². The van der Waals surface area contributed by atoms with Crippen molar-refractivity contribution in [3.05, 3.63) is 227 Å². The van der Waals surface area contributed by atoms with Crippen LogP contribution in [0, 0.1) is 0 Å². The van der Waals surface area contributed by atoms with Gasteiger partial charge in [-0.3, -0.25) is 9.97 Å². The molecule has 5 heteroatoms. The lowest BCUT2D eigenvalue weighted by Crippen LogP contribution is -2.35. The predicted octanol–water partition coefficient (Wildman–Crippen LogP) is 13.2. The van der Waals surface area contributed by atoms with Crippen LogP contribution in [0.3, 0.4) is 0 Å². The van der Waals surface area contributed by atoms with Crippen LogP contribution in [-0.4, -0.2) is 19.9 Å². The summed E-state index contributed by atoms with van der Waals surface area (Å²) in [5.41, 5.74) is 17.4. The molecule has 0 fully saturated rings. The van der Waals surface area contributed by atoms with Crippen LogP contribution < -0.4 is 4.74 Å². The van der Waals surface area contributed by atoms with Gasteiger partial charge in [-0.25, -0.2) is 9.97 Å². The highest BCUT2D eigenvalue weighted by atomic mass is 16.5. The zero-order chi connectivity index (χ0) is 40.7. The second-order valence-electron chi connectivity index (χ2n) is 16.6. The molecule has 61 heavy (non-hydrogen) atoms. The topological polar surface area (TPSA) is 60.8 Å². The summed E-state index contributed by atoms with van der Waals surface area (Å²) in [6, 6.07) is 58.3. The minimum absolute atomic E-state index is 0.182. The van der Waals surface area contributed by atoms with Crippen molar-refractivity contribution in [2.75, 3.05) is 0 Å². The van der Waals surface area contributed by atoms with E-state index in [2.05, 4.69) is 152 Å². The van der Waals surface area contributed by atoms with E-state index in [1.165, 1.54) is 33.4 Å². The number of pyridine rings is 2. The predicted molar refractivity (Wildman–Crippen MR) is 244 cm³/mol. The maximum absolute atomic E-state index is 7.02. The Kier molecular flexibility index (Phi) is 7.72. The first-order valence-electron chi connectivity index (χ1n) is 20.8. The Morgan fingerprint density at radius 2 is 1.13 bits per heavy atom. The Bertz CT molecular complexity index is 3250. The van der Waals surface area contributed by atoms with E-state index in [0.717, 1.165) is 73.1 Å². The van der Waals surface area contributed by atoms with E-state index in [-0.39, 0.29) is 5.41 Å². The molecule has 3 aliphatic rings. The van der Waals surface area contributed by atoms with Crippen LogP contribution in [0.2, 0.25) is 0 Å². The maximum atomic E-state index is 7.02. The third-order valence-corrected chi connectivity index (χ3v) is 12.9. The summed E-state index contributed by atoms with van der Waals surface area (Å²) < 4.78 is 7.02. The molecule has 9 aromatic rings. The van der Waals surface area contributed by atoms with E-state index in [1.54, 1.807) is 6.20 Å². The summed E-state index contributed by atoms with van der Waals surface area (Å²) in [4.78, 5) is 19.6. The molecule has 0 saturated heterocycles. The van der Waals surface area contributed by atoms with Crippen LogP contribution in [0.5, 0.6) is 11.5 Å². The van der Waals surface area contributed by atoms with Gasteiger partial charge in [-0.2, -0.15) is 0 Å². The van der Waals surface area contributed by atoms with Crippen molar-refractivity contribution in [3.8, 4) is 67.8 Å². The summed E-state index contributed by atoms with van der Waals surface area (Å²) in [6.45, 7) is 4.65. The number of rotatable bonds is 4. The highest BCUT2D eigenvalue weighted by Crippen LogP contribution is 2.61. The van der Waals surface area contributed by atoms with Crippen LogP contribution in [0.4, 0.5) is 0 Å². The number of benzene rings is 6. The van der Waals surface area contributed by atoms with E-state index in [4.69, 9.17) is 19.7 Å². The molecule has 2 aliphatic carbocycles. The van der Waals surface area contributed by atoms with Crippen molar-refractivity contribution in [3.63, 3.8) is 0 Å². The number of aromatic nitrogens is 4. The average molecular weight is 783 g/mol. The van der Waals surface area contributed by atoms with Crippen molar-refractivity contribution in [2.45, 2.75) is 24.7 Å². The fourth-order valence-electron chi connectivity index (χ4n) is 10.0. The van der Waals surface area contributed by atoms with Crippen molar-refractivity contribution in [1.82, 2.24) is 19.9 Å². The van der Waals surface area contributed by atoms with Crippen molar-refractivity contribution in [1.29, 1.82) is 0 Å². The van der Waals surface area contributed by atoms with Gasteiger partial charge in [0, 0.05) is 57.4 Å². The van der Waals surface area contributed by atoms with Crippen LogP contribution in [0.15, 0.2) is 182 Å². The Morgan fingerprint density at radius 3 is 1.93 bits per heavy atom. The number of para-hydroxylation sites is 1. The Hall–Kier alpha value is -7.76. The fraction of sp³-hybridized carbons (Fsp3) is 0.0714. The summed E-state index contributed by atoms with van der Waals surface area (Å²) in [5, 5.41) is 0. The van der Waals surface area contributed by atoms with E-state index >= 15 is 0 Å². The number of hydrogen-bond donors (Lipinski definition) is 0. The van der Waals surface area contributed by atoms with Gasteiger partial charge < -0.3 is 4.74 Å². The minimum atomic E-state index is -0.740. The van der Waals surface area contributed by atoms with Crippen molar-refractivity contribution < 1.29 is 4.74 Å². The normalized spacial score (nSPS) is 16.0. The first kappa shape index (κ1) is 35.2. The Labute approximate surface area is 354 Å². The molecule has 5 nitrogen and oxygen atoms in total. The van der Waals surface area contributed by atoms with E-state index in [1.807, 2.05) is 54.9 Å². The number of ether oxygens (including phenoxy) is 1. The first-order valence-corrected chi connectivity index (χ1v) is 20.8. The first-order chi connectivity index (χ1) is 30.0. The van der Waals surface area contributed by atoms with E-state index in [9.17, 15) is 0 Å². The van der Waals surface area contributed by atoms with Gasteiger partial charge in [0.15, 0.2) is 5.82 Å². The van der Waals surface area contributed by atoms with Gasteiger partial charge in [0.1, 0.15) is 11.5 Å². The third kappa shape index (κ3) is 5.33. The minimum Gasteiger partial charge on any atom is -0.457 e. The molecular weight excluding hydrogens is 745 g/mol. The zero-order valence-electron chi connectivity index (χ0n) is 33.7. The molecule has 12 rings (SSSR count). The number of fused-ring (bicyclic) bond motifs is 11. The van der Waals surface area contributed by atoms with Gasteiger partial charge in [0.05, 0.1) is 22.5 Å². The lowest BCUT2D eigenvalue weighted by atomic mass is 9.61. The van der Waals surface area contributed by atoms with Crippen molar-refractivity contribution in [2.24, 2.45) is 0 Å². The molecule has 0 radical (unpaired) electrons. The molecule has 0 saturated carbocycles. The SMILES string of the molecule is CC1(C)c2ccccc2-c2cc3c(cc21)Oc1ccccc1C31c2ccccc2C=Cc2ccc(-c3cc(-c4ccccc4)nc(-c4ccc(-c5cccnc5)nc4)n3)cc21. The average Bonchev–Trinajstić information content (AvgIpc) is 3.44. The molecule has 1 atom stereocenters. The lowest BCUT2D eigenvalue weighted by molar-refractivity contribution is 0.433. The van der Waals surface area contributed by atoms with Gasteiger partial charge >= 0.3 is 0 Å². The molecular formula is C56H38N4O. The van der Waals surface area contributed by atoms with Gasteiger partial charge in [-0.05, 0) is 99.1 Å². The molecule has 0 bridgehead atoms. The van der Waals surface area contributed by atoms with Crippen LogP contribution in [0.25, 0.3) is 68.4 Å². The molecule has 4 heterocycles. The van der Waals surface area contributed by atoms with E-state index < -0.39 is 5.41 Å². The maximum Gasteiger partial charge on any atom is 0.161 e. The van der Waals surface area contributed by atoms with Gasteiger partial charge in [-0.1, -0.05) is 135 Å². The van der Waals surface area contributed by atoms with Gasteiger partial charge in [0.2, 0.25) is 0 Å². The summed E-state index contributed by atoms with van der Waals surface area (Å²) >= 11 is 0. The smallest absolute Gasteiger partial charge is 0.161 e. The second-order valence-corrected chi connectivity index (χ2v) is 16.6. The molecule has 1 spiro atoms. The molecule has 0 N–H and O–H groups in total. The Balaban J connectivity index is 1.12. The second kappa shape index (κ2) is 13.4. The molecule has 6 aromatic carbocycles. The zero-order valence-corrected chi connectivity index (χ0v) is 33.7. The molecule has 1 unspecified atom stereocenters. The molecule has 288 valence electrons. The van der Waals surface area contributed by atoms with Crippen LogP contribution in [0.1, 0.15) is 58.4 Å². The lowest BCUT2D eigenvalue weighted by Gasteiger charge is -2.43. The molecule has 3 aromatic heterocycles. The third-order valence-electron chi connectivity index (χ3n) is 12.9. The Morgan fingerprint density at radius 1 is 0.426 bits per heavy atom. The largest absolute Gasteiger partial charge is 0.457 e.